The van der Waals surface area contributed by atoms with E-state index in [1.165, 1.54) is 25.7 Å². The topological polar surface area (TPSA) is 96.2 Å². The molecule has 164 valence electrons. The van der Waals surface area contributed by atoms with Gasteiger partial charge in [-0.2, -0.15) is 0 Å². The molecule has 6 nitrogen and oxygen atoms in total. The number of rotatable bonds is 18. The van der Waals surface area contributed by atoms with Crippen molar-refractivity contribution in [2.24, 2.45) is 10.8 Å². The van der Waals surface area contributed by atoms with E-state index in [1.54, 1.807) is 0 Å². The molecule has 7 heteroatoms. The predicted molar refractivity (Wildman–Crippen MR) is 110 cm³/mol. The molecule has 0 aromatic rings. The lowest BCUT2D eigenvalue weighted by molar-refractivity contribution is 0.105. The number of ether oxygens (including phenoxy) is 1. The summed E-state index contributed by atoms with van der Waals surface area (Å²) in [6.45, 7) is 10.5. The maximum atomic E-state index is 10.8. The Hall–Kier alpha value is 0.0300. The van der Waals surface area contributed by atoms with Gasteiger partial charge in [0.15, 0.2) is 0 Å². The smallest absolute Gasteiger partial charge is 0.396 e. The maximum absolute atomic E-state index is 10.8. The Balaban J connectivity index is 3.57. The van der Waals surface area contributed by atoms with Crippen LogP contribution in [0.2, 0.25) is 0 Å². The van der Waals surface area contributed by atoms with E-state index in [4.69, 9.17) is 19.6 Å². The van der Waals surface area contributed by atoms with Gasteiger partial charge in [-0.15, -0.1) is 0 Å². The van der Waals surface area contributed by atoms with Crippen LogP contribution in [0.1, 0.15) is 91.9 Å². The van der Waals surface area contributed by atoms with Gasteiger partial charge in [0.1, 0.15) is 0 Å². The minimum atomic E-state index is -4.38. The molecule has 0 fully saturated rings. The summed E-state index contributed by atoms with van der Waals surface area (Å²) in [7, 11) is -4.38. The molecule has 0 aromatic carbocycles. The van der Waals surface area contributed by atoms with Crippen LogP contribution in [-0.4, -0.2) is 41.3 Å². The molecule has 0 amide bonds. The molecule has 0 heterocycles. The Kier molecular flexibility index (Phi) is 14.1. The first-order valence-corrected chi connectivity index (χ1v) is 11.9. The molecule has 0 rings (SSSR count). The van der Waals surface area contributed by atoms with Gasteiger partial charge in [-0.25, -0.2) is 4.57 Å². The zero-order valence-electron chi connectivity index (χ0n) is 17.9. The number of hydrogen-bond acceptors (Lipinski definition) is 4. The van der Waals surface area contributed by atoms with E-state index in [0.717, 1.165) is 51.7 Å². The number of phosphoric ester groups is 1. The first-order valence-electron chi connectivity index (χ1n) is 10.4. The average Bonchev–Trinajstić information content (AvgIpc) is 2.55. The van der Waals surface area contributed by atoms with E-state index in [2.05, 4.69) is 18.4 Å². The van der Waals surface area contributed by atoms with Crippen molar-refractivity contribution in [2.75, 3.05) is 26.4 Å². The molecule has 0 saturated heterocycles. The monoisotopic (exact) mass is 410 g/mol. The van der Waals surface area contributed by atoms with Gasteiger partial charge in [0, 0.05) is 19.8 Å². The highest BCUT2D eigenvalue weighted by Gasteiger charge is 2.23. The van der Waals surface area contributed by atoms with E-state index < -0.39 is 7.82 Å². The van der Waals surface area contributed by atoms with Gasteiger partial charge >= 0.3 is 7.82 Å². The molecular formula is C20H43O6P. The number of unbranched alkanes of at least 4 members (excludes halogenated alkanes) is 4. The summed E-state index contributed by atoms with van der Waals surface area (Å²) in [6.07, 6.45) is 10.7. The first-order chi connectivity index (χ1) is 12.5. The van der Waals surface area contributed by atoms with Crippen LogP contribution in [0.5, 0.6) is 0 Å². The molecule has 0 aromatic heterocycles. The number of aliphatic hydroxyl groups excluding tert-OH is 1. The van der Waals surface area contributed by atoms with Gasteiger partial charge in [0.25, 0.3) is 0 Å². The fraction of sp³-hybridized carbons (Fsp3) is 1.00. The Bertz CT molecular complexity index is 405. The zero-order valence-corrected chi connectivity index (χ0v) is 18.8. The molecule has 0 radical (unpaired) electrons. The fourth-order valence-corrected chi connectivity index (χ4v) is 3.58. The van der Waals surface area contributed by atoms with Crippen LogP contribution in [0.25, 0.3) is 0 Å². The van der Waals surface area contributed by atoms with Crippen LogP contribution in [-0.2, 0) is 13.8 Å². The van der Waals surface area contributed by atoms with Crippen LogP contribution in [0.4, 0.5) is 0 Å². The summed E-state index contributed by atoms with van der Waals surface area (Å²) in [5, 5.41) is 8.82. The second-order valence-corrected chi connectivity index (χ2v) is 10.4. The van der Waals surface area contributed by atoms with Gasteiger partial charge in [-0.3, -0.25) is 4.52 Å². The molecule has 0 spiro atoms. The number of hydrogen-bond donors (Lipinski definition) is 3. The van der Waals surface area contributed by atoms with E-state index in [1.807, 2.05) is 13.8 Å². The van der Waals surface area contributed by atoms with Crippen molar-refractivity contribution in [3.63, 3.8) is 0 Å². The molecule has 0 aliphatic carbocycles. The van der Waals surface area contributed by atoms with Crippen LogP contribution in [0.3, 0.4) is 0 Å². The van der Waals surface area contributed by atoms with E-state index in [0.29, 0.717) is 12.0 Å². The third-order valence-corrected chi connectivity index (χ3v) is 5.39. The summed E-state index contributed by atoms with van der Waals surface area (Å²) in [5.41, 5.74) is 0.125. The normalized spacial score (nSPS) is 13.3. The van der Waals surface area contributed by atoms with Gasteiger partial charge in [-0.1, -0.05) is 53.4 Å². The van der Waals surface area contributed by atoms with Crippen molar-refractivity contribution in [1.29, 1.82) is 0 Å². The molecule has 0 unspecified atom stereocenters. The maximum Gasteiger partial charge on any atom is 0.469 e. The minimum Gasteiger partial charge on any atom is -0.396 e. The minimum absolute atomic E-state index is 0.0634. The van der Waals surface area contributed by atoms with E-state index in [-0.39, 0.29) is 12.0 Å². The van der Waals surface area contributed by atoms with Crippen molar-refractivity contribution in [2.45, 2.75) is 91.9 Å². The van der Waals surface area contributed by atoms with Crippen LogP contribution >= 0.6 is 7.82 Å². The molecule has 3 N–H and O–H groups in total. The molecule has 27 heavy (non-hydrogen) atoms. The van der Waals surface area contributed by atoms with Gasteiger partial charge in [0.05, 0.1) is 6.61 Å². The SMILES string of the molecule is CC(C)(CCCCCO)CCCCOCCCCC(C)(C)COP(=O)(O)O. The van der Waals surface area contributed by atoms with Crippen molar-refractivity contribution in [1.82, 2.24) is 0 Å². The van der Waals surface area contributed by atoms with Gasteiger partial charge in [0.2, 0.25) is 0 Å². The molecule has 0 aliphatic rings. The third kappa shape index (κ3) is 19.1. The Morgan fingerprint density at radius 1 is 0.741 bits per heavy atom. The molecule has 0 saturated carbocycles. The Morgan fingerprint density at radius 3 is 1.70 bits per heavy atom. The summed E-state index contributed by atoms with van der Waals surface area (Å²) >= 11 is 0. The largest absolute Gasteiger partial charge is 0.469 e. The molecule has 0 atom stereocenters. The average molecular weight is 411 g/mol. The Morgan fingerprint density at radius 2 is 1.22 bits per heavy atom. The second-order valence-electron chi connectivity index (χ2n) is 9.15. The van der Waals surface area contributed by atoms with Crippen LogP contribution in [0, 0.1) is 10.8 Å². The third-order valence-electron chi connectivity index (χ3n) is 4.92. The predicted octanol–water partition coefficient (Wildman–Crippen LogP) is 5.06. The summed E-state index contributed by atoms with van der Waals surface area (Å²) in [6, 6.07) is 0. The first kappa shape index (κ1) is 27.0. The second kappa shape index (κ2) is 14.1. The van der Waals surface area contributed by atoms with Crippen molar-refractivity contribution < 1.29 is 28.7 Å². The molecule has 0 bridgehead atoms. The van der Waals surface area contributed by atoms with Crippen molar-refractivity contribution >= 4 is 7.82 Å². The standard InChI is InChI=1S/C20H43O6P/c1-19(2,12-6-5-9-15-21)13-7-10-16-25-17-11-8-14-20(3,4)18-26-27(22,23)24/h21H,5-18H2,1-4H3,(H2,22,23,24). The van der Waals surface area contributed by atoms with Crippen molar-refractivity contribution in [3.05, 3.63) is 0 Å². The number of phosphoric acid groups is 1. The van der Waals surface area contributed by atoms with Crippen molar-refractivity contribution in [3.8, 4) is 0 Å². The van der Waals surface area contributed by atoms with E-state index in [9.17, 15) is 4.57 Å². The molecular weight excluding hydrogens is 367 g/mol. The van der Waals surface area contributed by atoms with Gasteiger partial charge < -0.3 is 19.6 Å². The van der Waals surface area contributed by atoms with Crippen LogP contribution in [0.15, 0.2) is 0 Å². The summed E-state index contributed by atoms with van der Waals surface area (Å²) in [4.78, 5) is 17.5. The highest BCUT2D eigenvalue weighted by molar-refractivity contribution is 7.46. The van der Waals surface area contributed by atoms with Crippen LogP contribution < -0.4 is 0 Å². The van der Waals surface area contributed by atoms with Gasteiger partial charge in [-0.05, 0) is 49.4 Å². The fourth-order valence-electron chi connectivity index (χ4n) is 3.07. The quantitative estimate of drug-likeness (QED) is 0.216. The Labute approximate surface area is 166 Å². The lowest BCUT2D eigenvalue weighted by Gasteiger charge is -2.24. The zero-order chi connectivity index (χ0) is 20.8. The van der Waals surface area contributed by atoms with E-state index >= 15 is 0 Å². The lowest BCUT2D eigenvalue weighted by atomic mass is 9.82. The summed E-state index contributed by atoms with van der Waals surface area (Å²) in [5.74, 6) is 0. The number of aliphatic hydroxyl groups is 1. The highest BCUT2D eigenvalue weighted by Crippen LogP contribution is 2.39. The lowest BCUT2D eigenvalue weighted by Crippen LogP contribution is -2.18. The molecule has 0 aliphatic heterocycles. The highest BCUT2D eigenvalue weighted by atomic mass is 31.2. The summed E-state index contributed by atoms with van der Waals surface area (Å²) < 4.78 is 21.1.